The maximum atomic E-state index is 12.6. The first-order valence-electron chi connectivity index (χ1n) is 10.6. The van der Waals surface area contributed by atoms with E-state index in [1.165, 1.54) is 4.90 Å². The topological polar surface area (TPSA) is 85.0 Å². The molecular formula is C22H33F3N2O4. The van der Waals surface area contributed by atoms with E-state index >= 15 is 0 Å². The lowest BCUT2D eigenvalue weighted by atomic mass is 9.86. The van der Waals surface area contributed by atoms with E-state index in [0.29, 0.717) is 19.6 Å². The largest absolute Gasteiger partial charge is 0.416 e. The third-order valence-electron chi connectivity index (χ3n) is 5.96. The molecule has 0 aliphatic heterocycles. The highest BCUT2D eigenvalue weighted by atomic mass is 19.4. The summed E-state index contributed by atoms with van der Waals surface area (Å²) in [7, 11) is 1.64. The van der Waals surface area contributed by atoms with Crippen LogP contribution >= 0.6 is 0 Å². The van der Waals surface area contributed by atoms with Crippen LogP contribution in [-0.4, -0.2) is 55.1 Å². The average molecular weight is 447 g/mol. The van der Waals surface area contributed by atoms with E-state index in [1.807, 2.05) is 0 Å². The molecule has 0 aromatic heterocycles. The molecule has 1 fully saturated rings. The second kappa shape index (κ2) is 11.2. The number of hydrogen-bond donors (Lipinski definition) is 2. The third kappa shape index (κ3) is 7.66. The van der Waals surface area contributed by atoms with Gasteiger partial charge in [-0.05, 0) is 69.3 Å². The predicted molar refractivity (Wildman–Crippen MR) is 111 cm³/mol. The van der Waals surface area contributed by atoms with Crippen LogP contribution in [0.4, 0.5) is 18.0 Å². The monoisotopic (exact) mass is 446 g/mol. The predicted octanol–water partition coefficient (Wildman–Crippen LogP) is 4.20. The molecule has 3 N–H and O–H groups in total. The van der Waals surface area contributed by atoms with Gasteiger partial charge in [0.25, 0.3) is 0 Å². The number of alkyl halides is 3. The van der Waals surface area contributed by atoms with E-state index in [9.17, 15) is 18.0 Å². The molecule has 1 unspecified atom stereocenters. The molecule has 0 heterocycles. The summed E-state index contributed by atoms with van der Waals surface area (Å²) in [4.78, 5) is 13.9. The van der Waals surface area contributed by atoms with Crippen molar-refractivity contribution in [3.63, 3.8) is 0 Å². The molecule has 6 nitrogen and oxygen atoms in total. The van der Waals surface area contributed by atoms with Crippen molar-refractivity contribution in [1.29, 1.82) is 0 Å². The van der Waals surface area contributed by atoms with Gasteiger partial charge in [-0.15, -0.1) is 0 Å². The van der Waals surface area contributed by atoms with Gasteiger partial charge in [0.05, 0.1) is 18.3 Å². The number of ether oxygens (including phenoxy) is 2. The second-order valence-electron chi connectivity index (χ2n) is 8.58. The summed E-state index contributed by atoms with van der Waals surface area (Å²) in [6, 6.07) is 4.05. The van der Waals surface area contributed by atoms with Crippen LogP contribution in [0.25, 0.3) is 0 Å². The van der Waals surface area contributed by atoms with Crippen molar-refractivity contribution in [3.05, 3.63) is 29.8 Å². The number of carbonyl (C=O) groups is 1. The quantitative estimate of drug-likeness (QED) is 0.594. The van der Waals surface area contributed by atoms with Crippen molar-refractivity contribution < 1.29 is 32.5 Å². The number of nitrogens with zero attached hydrogens (tertiary/aromatic N) is 1. The number of halogens is 3. The van der Waals surface area contributed by atoms with Crippen LogP contribution in [0.2, 0.25) is 0 Å². The zero-order chi connectivity index (χ0) is 23.1. The number of benzene rings is 1. The third-order valence-corrected chi connectivity index (χ3v) is 5.96. The molecule has 176 valence electrons. The highest BCUT2D eigenvalue weighted by molar-refractivity contribution is 5.70. The van der Waals surface area contributed by atoms with Crippen molar-refractivity contribution >= 4 is 6.09 Å². The Bertz CT molecular complexity index is 691. The fourth-order valence-electron chi connectivity index (χ4n) is 3.69. The van der Waals surface area contributed by atoms with Crippen molar-refractivity contribution in [1.82, 2.24) is 4.90 Å². The van der Waals surface area contributed by atoms with Gasteiger partial charge in [-0.3, -0.25) is 0 Å². The maximum Gasteiger partial charge on any atom is 0.416 e. The first kappa shape index (κ1) is 25.4. The lowest BCUT2D eigenvalue weighted by Gasteiger charge is -2.36. The Morgan fingerprint density at radius 2 is 1.81 bits per heavy atom. The molecule has 1 aliphatic rings. The standard InChI is InChI=1S/C22H33F3N2O4/c1-21(14-26,12-3-13-28)15-30-18-10-6-17(7-11-18)27(2)20(29)31-19-8-4-16(5-9-19)22(23,24)25/h4-5,8-9,17-18,28H,3,6-7,10-15,26H2,1-2H3. The molecule has 0 saturated heterocycles. The lowest BCUT2D eigenvalue weighted by Crippen LogP contribution is -2.42. The van der Waals surface area contributed by atoms with Crippen LogP contribution in [0.3, 0.4) is 0 Å². The summed E-state index contributed by atoms with van der Waals surface area (Å²) in [5.74, 6) is 0.0748. The van der Waals surface area contributed by atoms with Crippen LogP contribution in [-0.2, 0) is 10.9 Å². The smallest absolute Gasteiger partial charge is 0.410 e. The van der Waals surface area contributed by atoms with Crippen molar-refractivity contribution in [2.75, 3.05) is 26.8 Å². The van der Waals surface area contributed by atoms with Gasteiger partial charge < -0.3 is 25.2 Å². The molecule has 31 heavy (non-hydrogen) atoms. The summed E-state index contributed by atoms with van der Waals surface area (Å²) < 4.78 is 49.2. The van der Waals surface area contributed by atoms with E-state index in [2.05, 4.69) is 6.92 Å². The van der Waals surface area contributed by atoms with Crippen molar-refractivity contribution in [2.24, 2.45) is 11.1 Å². The number of nitrogens with two attached hydrogens (primary N) is 1. The van der Waals surface area contributed by atoms with Crippen molar-refractivity contribution in [2.45, 2.75) is 63.8 Å². The number of hydrogen-bond acceptors (Lipinski definition) is 5. The van der Waals surface area contributed by atoms with Crippen LogP contribution in [0.15, 0.2) is 24.3 Å². The normalized spacial score (nSPS) is 21.4. The average Bonchev–Trinajstić information content (AvgIpc) is 2.76. The molecule has 1 saturated carbocycles. The number of amides is 1. The molecule has 1 aromatic rings. The van der Waals surface area contributed by atoms with Crippen LogP contribution < -0.4 is 10.5 Å². The van der Waals surface area contributed by atoms with Gasteiger partial charge in [0.15, 0.2) is 0 Å². The van der Waals surface area contributed by atoms with E-state index < -0.39 is 17.8 Å². The molecule has 9 heteroatoms. The number of aliphatic hydroxyl groups is 1. The second-order valence-corrected chi connectivity index (χ2v) is 8.58. The molecule has 0 spiro atoms. The fraction of sp³-hybridized carbons (Fsp3) is 0.682. The molecule has 0 radical (unpaired) electrons. The highest BCUT2D eigenvalue weighted by Crippen LogP contribution is 2.31. The minimum atomic E-state index is -4.43. The molecular weight excluding hydrogens is 413 g/mol. The van der Waals surface area contributed by atoms with Gasteiger partial charge in [-0.25, -0.2) is 4.79 Å². The summed E-state index contributed by atoms with van der Waals surface area (Å²) in [5, 5.41) is 9.04. The van der Waals surface area contributed by atoms with Gasteiger partial charge in [-0.2, -0.15) is 13.2 Å². The first-order valence-corrected chi connectivity index (χ1v) is 10.6. The molecule has 2 rings (SSSR count). The highest BCUT2D eigenvalue weighted by Gasteiger charge is 2.31. The zero-order valence-corrected chi connectivity index (χ0v) is 18.2. The van der Waals surface area contributed by atoms with E-state index in [-0.39, 0.29) is 29.9 Å². The van der Waals surface area contributed by atoms with Gasteiger partial charge in [-0.1, -0.05) is 6.92 Å². The summed E-state index contributed by atoms with van der Waals surface area (Å²) in [5.41, 5.74) is 4.92. The van der Waals surface area contributed by atoms with Crippen LogP contribution in [0.1, 0.15) is 51.0 Å². The Balaban J connectivity index is 1.79. The summed E-state index contributed by atoms with van der Waals surface area (Å²) in [6.45, 7) is 3.21. The Morgan fingerprint density at radius 1 is 1.19 bits per heavy atom. The van der Waals surface area contributed by atoms with Crippen molar-refractivity contribution in [3.8, 4) is 5.75 Å². The molecule has 1 atom stereocenters. The summed E-state index contributed by atoms with van der Waals surface area (Å²) >= 11 is 0. The van der Waals surface area contributed by atoms with Crippen LogP contribution in [0, 0.1) is 5.41 Å². The van der Waals surface area contributed by atoms with Crippen LogP contribution in [0.5, 0.6) is 5.75 Å². The number of aliphatic hydroxyl groups excluding tert-OH is 1. The molecule has 0 bridgehead atoms. The Hall–Kier alpha value is -1.84. The SMILES string of the molecule is CN(C(=O)Oc1ccc(C(F)(F)F)cc1)C1CCC(OCC(C)(CN)CCCO)CC1. The zero-order valence-electron chi connectivity index (χ0n) is 18.2. The van der Waals surface area contributed by atoms with E-state index in [0.717, 1.165) is 56.4 Å². The lowest BCUT2D eigenvalue weighted by molar-refractivity contribution is -0.137. The Kier molecular flexibility index (Phi) is 9.14. The number of rotatable bonds is 9. The molecule has 1 amide bonds. The van der Waals surface area contributed by atoms with Gasteiger partial charge in [0.1, 0.15) is 5.75 Å². The molecule has 1 aliphatic carbocycles. The Morgan fingerprint density at radius 3 is 2.32 bits per heavy atom. The van der Waals surface area contributed by atoms with E-state index in [4.69, 9.17) is 20.3 Å². The maximum absolute atomic E-state index is 12.6. The minimum absolute atomic E-state index is 0.0166. The number of carbonyl (C=O) groups excluding carboxylic acids is 1. The Labute approximate surface area is 181 Å². The van der Waals surface area contributed by atoms with Gasteiger partial charge in [0.2, 0.25) is 0 Å². The minimum Gasteiger partial charge on any atom is -0.410 e. The van der Waals surface area contributed by atoms with E-state index in [1.54, 1.807) is 7.05 Å². The fourth-order valence-corrected chi connectivity index (χ4v) is 3.69. The van der Waals surface area contributed by atoms with Gasteiger partial charge in [0, 0.05) is 25.1 Å². The first-order chi connectivity index (χ1) is 14.6. The van der Waals surface area contributed by atoms with Gasteiger partial charge >= 0.3 is 12.3 Å². The summed E-state index contributed by atoms with van der Waals surface area (Å²) in [6.07, 6.45) is -0.353. The molecule has 1 aromatic carbocycles.